The van der Waals surface area contributed by atoms with Crippen molar-refractivity contribution in [2.45, 2.75) is 25.6 Å². The maximum atomic E-state index is 14.7. The number of carboxylic acid groups (broad SMARTS) is 1. The monoisotopic (exact) mass is 433 g/mol. The van der Waals surface area contributed by atoms with E-state index in [2.05, 4.69) is 25.6 Å². The average molecular weight is 433 g/mol. The number of pyridine rings is 1. The summed E-state index contributed by atoms with van der Waals surface area (Å²) in [6, 6.07) is 1.83. The highest BCUT2D eigenvalue weighted by atomic mass is 19.1. The number of urea groups is 1. The van der Waals surface area contributed by atoms with Crippen LogP contribution in [0.4, 0.5) is 31.3 Å². The quantitative estimate of drug-likeness (QED) is 0.633. The maximum Gasteiger partial charge on any atom is 0.409 e. The molecule has 11 nitrogen and oxygen atoms in total. The molecule has 12 heteroatoms. The van der Waals surface area contributed by atoms with E-state index in [0.29, 0.717) is 30.5 Å². The fraction of sp³-hybridized carbons (Fsp3) is 0.421. The van der Waals surface area contributed by atoms with Crippen LogP contribution >= 0.6 is 0 Å². The largest absolute Gasteiger partial charge is 0.477 e. The number of ether oxygens (including phenoxy) is 1. The average Bonchev–Trinajstić information content (AvgIpc) is 2.75. The van der Waals surface area contributed by atoms with Crippen molar-refractivity contribution in [3.8, 4) is 5.88 Å². The first-order valence-electron chi connectivity index (χ1n) is 9.71. The Morgan fingerprint density at radius 1 is 1.32 bits per heavy atom. The van der Waals surface area contributed by atoms with Crippen molar-refractivity contribution in [1.29, 1.82) is 0 Å². The predicted molar refractivity (Wildman–Crippen MR) is 111 cm³/mol. The summed E-state index contributed by atoms with van der Waals surface area (Å²) in [7, 11) is 1.51. The van der Waals surface area contributed by atoms with Crippen LogP contribution in [0.5, 0.6) is 5.88 Å². The maximum absolute atomic E-state index is 14.7. The van der Waals surface area contributed by atoms with Gasteiger partial charge in [-0.15, -0.1) is 0 Å². The first-order chi connectivity index (χ1) is 14.9. The fourth-order valence-electron chi connectivity index (χ4n) is 3.22. The van der Waals surface area contributed by atoms with E-state index in [1.165, 1.54) is 36.6 Å². The van der Waals surface area contributed by atoms with Crippen LogP contribution in [0.2, 0.25) is 0 Å². The van der Waals surface area contributed by atoms with Crippen LogP contribution in [0.1, 0.15) is 13.3 Å². The number of anilines is 3. The summed E-state index contributed by atoms with van der Waals surface area (Å²) in [4.78, 5) is 38.9. The van der Waals surface area contributed by atoms with E-state index in [9.17, 15) is 14.0 Å². The van der Waals surface area contributed by atoms with Crippen LogP contribution < -0.4 is 20.3 Å². The van der Waals surface area contributed by atoms with Crippen LogP contribution in [0.15, 0.2) is 30.7 Å². The molecule has 1 aliphatic rings. The number of carbonyl (C=O) groups excluding carboxylic acids is 1. The predicted octanol–water partition coefficient (Wildman–Crippen LogP) is 2.44. The van der Waals surface area contributed by atoms with Gasteiger partial charge in [0.2, 0.25) is 5.88 Å². The van der Waals surface area contributed by atoms with Gasteiger partial charge in [-0.05, 0) is 19.4 Å². The van der Waals surface area contributed by atoms with Gasteiger partial charge in [0, 0.05) is 38.1 Å². The second-order valence-electron chi connectivity index (χ2n) is 6.86. The summed E-state index contributed by atoms with van der Waals surface area (Å²) < 4.78 is 19.9. The number of nitrogens with zero attached hydrogens (tertiary/aromatic N) is 5. The summed E-state index contributed by atoms with van der Waals surface area (Å²) in [5, 5.41) is 13.7. The molecule has 0 spiro atoms. The lowest BCUT2D eigenvalue weighted by Crippen LogP contribution is -2.55. The SMILES string of the molecule is CCOc1cnc(NC(=O)N(C)C2CN(c3cc(NC(=O)O)ccn3)CCC2F)cn1. The number of likely N-dealkylation sites (N-methyl/N-ethyl adjacent to an activating group) is 1. The van der Waals surface area contributed by atoms with Crippen LogP contribution in [0.3, 0.4) is 0 Å². The molecule has 0 saturated carbocycles. The topological polar surface area (TPSA) is 133 Å². The third kappa shape index (κ3) is 5.68. The molecule has 3 N–H and O–H groups in total. The molecule has 1 aliphatic heterocycles. The molecule has 0 aliphatic carbocycles. The van der Waals surface area contributed by atoms with E-state index in [-0.39, 0.29) is 18.8 Å². The zero-order valence-corrected chi connectivity index (χ0v) is 17.2. The lowest BCUT2D eigenvalue weighted by atomic mass is 10.0. The second-order valence-corrected chi connectivity index (χ2v) is 6.86. The Kier molecular flexibility index (Phi) is 7.00. The van der Waals surface area contributed by atoms with Gasteiger partial charge >= 0.3 is 12.1 Å². The highest BCUT2D eigenvalue weighted by Crippen LogP contribution is 2.25. The van der Waals surface area contributed by atoms with Gasteiger partial charge in [-0.25, -0.2) is 28.9 Å². The van der Waals surface area contributed by atoms with E-state index >= 15 is 0 Å². The third-order valence-corrected chi connectivity index (χ3v) is 4.79. The third-order valence-electron chi connectivity index (χ3n) is 4.79. The molecule has 3 heterocycles. The number of halogens is 1. The first kappa shape index (κ1) is 22.0. The molecule has 0 bridgehead atoms. The van der Waals surface area contributed by atoms with Crippen molar-refractivity contribution >= 4 is 29.4 Å². The second kappa shape index (κ2) is 9.87. The molecule has 1 saturated heterocycles. The zero-order valence-electron chi connectivity index (χ0n) is 17.2. The molecule has 2 aromatic heterocycles. The number of alkyl halides is 1. The van der Waals surface area contributed by atoms with E-state index in [1.807, 2.05) is 11.8 Å². The van der Waals surface area contributed by atoms with E-state index in [1.54, 1.807) is 6.07 Å². The number of amides is 3. The van der Waals surface area contributed by atoms with Gasteiger partial charge in [0.25, 0.3) is 0 Å². The Morgan fingerprint density at radius 2 is 2.13 bits per heavy atom. The lowest BCUT2D eigenvalue weighted by molar-refractivity contribution is 0.133. The number of hydrogen-bond donors (Lipinski definition) is 3. The van der Waals surface area contributed by atoms with Crippen molar-refractivity contribution in [3.05, 3.63) is 30.7 Å². The van der Waals surface area contributed by atoms with Crippen LogP contribution in [-0.2, 0) is 0 Å². The summed E-state index contributed by atoms with van der Waals surface area (Å²) in [5.41, 5.74) is 0.358. The van der Waals surface area contributed by atoms with E-state index < -0.39 is 24.3 Å². The standard InChI is InChI=1S/C19H24FN7O4/c1-3-31-17-10-22-15(9-23-17)25-18(28)26(2)14-11-27(7-5-13(14)20)16-8-12(4-6-21-16)24-19(29)30/h4,6,8-10,13-14H,3,5,7,11H2,1-2H3,(H,21,24)(H,29,30)(H,22,25,28). The number of rotatable bonds is 6. The smallest absolute Gasteiger partial charge is 0.409 e. The van der Waals surface area contributed by atoms with Crippen molar-refractivity contribution < 1.29 is 23.8 Å². The molecule has 166 valence electrons. The van der Waals surface area contributed by atoms with Gasteiger partial charge in [0.05, 0.1) is 25.0 Å². The van der Waals surface area contributed by atoms with Gasteiger partial charge in [0.15, 0.2) is 5.82 Å². The van der Waals surface area contributed by atoms with Gasteiger partial charge in [-0.2, -0.15) is 0 Å². The zero-order chi connectivity index (χ0) is 22.4. The van der Waals surface area contributed by atoms with Gasteiger partial charge in [0.1, 0.15) is 12.0 Å². The molecule has 3 amide bonds. The van der Waals surface area contributed by atoms with E-state index in [4.69, 9.17) is 9.84 Å². The van der Waals surface area contributed by atoms with Crippen molar-refractivity contribution in [3.63, 3.8) is 0 Å². The Bertz CT molecular complexity index is 914. The number of nitrogens with one attached hydrogen (secondary N) is 2. The molecule has 2 unspecified atom stereocenters. The minimum atomic E-state index is -1.22. The lowest BCUT2D eigenvalue weighted by Gasteiger charge is -2.40. The molecular weight excluding hydrogens is 409 g/mol. The molecule has 31 heavy (non-hydrogen) atoms. The summed E-state index contributed by atoms with van der Waals surface area (Å²) in [6.07, 6.45) is 2.01. The molecule has 3 rings (SSSR count). The summed E-state index contributed by atoms with van der Waals surface area (Å²) >= 11 is 0. The molecule has 0 radical (unpaired) electrons. The normalized spacial score (nSPS) is 18.2. The first-order valence-corrected chi connectivity index (χ1v) is 9.71. The van der Waals surface area contributed by atoms with Crippen LogP contribution in [0.25, 0.3) is 0 Å². The van der Waals surface area contributed by atoms with Crippen LogP contribution in [0, 0.1) is 0 Å². The molecule has 1 fully saturated rings. The van der Waals surface area contributed by atoms with Crippen molar-refractivity contribution in [1.82, 2.24) is 19.9 Å². The highest BCUT2D eigenvalue weighted by Gasteiger charge is 2.35. The van der Waals surface area contributed by atoms with Gasteiger partial charge in [-0.3, -0.25) is 10.6 Å². The van der Waals surface area contributed by atoms with Crippen molar-refractivity contribution in [2.24, 2.45) is 0 Å². The molecule has 2 atom stereocenters. The summed E-state index contributed by atoms with van der Waals surface area (Å²) in [6.45, 7) is 2.86. The summed E-state index contributed by atoms with van der Waals surface area (Å²) in [5.74, 6) is 1.06. The minimum absolute atomic E-state index is 0.198. The number of aromatic nitrogens is 3. The Hall–Kier alpha value is -3.70. The number of carbonyl (C=O) groups is 2. The number of piperidine rings is 1. The fourth-order valence-corrected chi connectivity index (χ4v) is 3.22. The minimum Gasteiger partial charge on any atom is -0.477 e. The number of hydrogen-bond acceptors (Lipinski definition) is 7. The van der Waals surface area contributed by atoms with Gasteiger partial charge in [-0.1, -0.05) is 0 Å². The van der Waals surface area contributed by atoms with Crippen molar-refractivity contribution in [2.75, 3.05) is 42.3 Å². The van der Waals surface area contributed by atoms with Crippen LogP contribution in [-0.4, -0.2) is 76.0 Å². The van der Waals surface area contributed by atoms with Gasteiger partial charge < -0.3 is 19.6 Å². The van der Waals surface area contributed by atoms with E-state index in [0.717, 1.165) is 0 Å². The molecule has 2 aromatic rings. The Labute approximate surface area is 178 Å². The Morgan fingerprint density at radius 3 is 2.81 bits per heavy atom. The Balaban J connectivity index is 1.66. The molecular formula is C19H24FN7O4. The molecule has 0 aromatic carbocycles. The highest BCUT2D eigenvalue weighted by molar-refractivity contribution is 5.88.